The Morgan fingerprint density at radius 3 is 2.41 bits per heavy atom. The molecule has 1 heterocycles. The van der Waals surface area contributed by atoms with Gasteiger partial charge in [-0.25, -0.2) is 14.1 Å². The Hall–Kier alpha value is -3.08. The van der Waals surface area contributed by atoms with E-state index in [1.165, 1.54) is 24.4 Å². The van der Waals surface area contributed by atoms with Crippen LogP contribution in [-0.4, -0.2) is 15.7 Å². The van der Waals surface area contributed by atoms with Crippen LogP contribution in [-0.2, 0) is 0 Å². The lowest BCUT2D eigenvalue weighted by atomic mass is 10.2. The number of carbonyl (C=O) groups excluding carboxylic acids is 1. The Balaban J connectivity index is 1.90. The molecule has 0 saturated heterocycles. The van der Waals surface area contributed by atoms with Crippen molar-refractivity contribution in [2.24, 2.45) is 4.99 Å². The van der Waals surface area contributed by atoms with E-state index in [4.69, 9.17) is 0 Å². The van der Waals surface area contributed by atoms with Crippen LogP contribution in [0.3, 0.4) is 0 Å². The maximum atomic E-state index is 13.5. The first kappa shape index (κ1) is 13.9. The van der Waals surface area contributed by atoms with Crippen LogP contribution in [0.1, 0.15) is 10.4 Å². The Labute approximate surface area is 126 Å². The zero-order valence-corrected chi connectivity index (χ0v) is 11.6. The van der Waals surface area contributed by atoms with E-state index in [9.17, 15) is 9.18 Å². The smallest absolute Gasteiger partial charge is 0.267 e. The summed E-state index contributed by atoms with van der Waals surface area (Å²) in [4.78, 5) is 15.8. The average Bonchev–Trinajstić information content (AvgIpc) is 2.57. The number of aromatic nitrogens is 2. The summed E-state index contributed by atoms with van der Waals surface area (Å²) in [5.74, 6) is -1.21. The van der Waals surface area contributed by atoms with Crippen LogP contribution in [0.2, 0.25) is 0 Å². The zero-order valence-electron chi connectivity index (χ0n) is 11.6. The Morgan fingerprint density at radius 1 is 1.00 bits per heavy atom. The van der Waals surface area contributed by atoms with E-state index in [1.807, 2.05) is 30.3 Å². The monoisotopic (exact) mass is 293 g/mol. The summed E-state index contributed by atoms with van der Waals surface area (Å²) in [6, 6.07) is 17.0. The third kappa shape index (κ3) is 2.98. The van der Waals surface area contributed by atoms with Gasteiger partial charge in [0.1, 0.15) is 5.82 Å². The van der Waals surface area contributed by atoms with Crippen LogP contribution in [0.5, 0.6) is 0 Å². The van der Waals surface area contributed by atoms with Gasteiger partial charge < -0.3 is 0 Å². The summed E-state index contributed by atoms with van der Waals surface area (Å²) in [5.41, 5.74) is 0.844. The van der Waals surface area contributed by atoms with Gasteiger partial charge >= 0.3 is 0 Å². The number of carbonyl (C=O) groups is 1. The van der Waals surface area contributed by atoms with E-state index in [0.29, 0.717) is 5.36 Å². The van der Waals surface area contributed by atoms with Crippen molar-refractivity contribution in [3.8, 4) is 5.69 Å². The summed E-state index contributed by atoms with van der Waals surface area (Å²) in [7, 11) is 0. The molecule has 0 spiro atoms. The average molecular weight is 293 g/mol. The van der Waals surface area contributed by atoms with Gasteiger partial charge in [-0.2, -0.15) is 5.10 Å². The standard InChI is InChI=1S/C17H12FN3O/c18-16-9-5-4-8-15(16)17(22)20-13-10-11-21(19-12-13)14-6-2-1-3-7-14/h1-12H. The van der Waals surface area contributed by atoms with E-state index in [1.54, 1.807) is 23.0 Å². The molecule has 2 aromatic carbocycles. The summed E-state index contributed by atoms with van der Waals surface area (Å²) >= 11 is 0. The molecule has 0 bridgehead atoms. The van der Waals surface area contributed by atoms with Gasteiger partial charge in [-0.15, -0.1) is 0 Å². The minimum Gasteiger partial charge on any atom is -0.267 e. The van der Waals surface area contributed by atoms with E-state index >= 15 is 0 Å². The van der Waals surface area contributed by atoms with Gasteiger partial charge in [-0.3, -0.25) is 4.79 Å². The van der Waals surface area contributed by atoms with Crippen molar-refractivity contribution in [3.63, 3.8) is 0 Å². The molecule has 108 valence electrons. The van der Waals surface area contributed by atoms with Gasteiger partial charge in [0, 0.05) is 6.20 Å². The number of hydrogen-bond acceptors (Lipinski definition) is 2. The second-order valence-corrected chi connectivity index (χ2v) is 4.56. The molecule has 0 N–H and O–H groups in total. The lowest BCUT2D eigenvalue weighted by Gasteiger charge is -2.03. The van der Waals surface area contributed by atoms with Crippen molar-refractivity contribution in [1.82, 2.24) is 9.78 Å². The first-order valence-corrected chi connectivity index (χ1v) is 6.68. The Bertz CT molecular complexity index is 852. The molecule has 22 heavy (non-hydrogen) atoms. The fraction of sp³-hybridized carbons (Fsp3) is 0. The van der Waals surface area contributed by atoms with E-state index in [0.717, 1.165) is 5.69 Å². The van der Waals surface area contributed by atoms with Crippen LogP contribution >= 0.6 is 0 Å². The Kier molecular flexibility index (Phi) is 3.87. The van der Waals surface area contributed by atoms with Gasteiger partial charge in [-0.05, 0) is 30.3 Å². The molecule has 0 aliphatic carbocycles. The molecule has 1 aromatic heterocycles. The molecule has 0 unspecified atom stereocenters. The largest absolute Gasteiger partial charge is 0.280 e. The summed E-state index contributed by atoms with van der Waals surface area (Å²) in [6.07, 6.45) is 3.16. The summed E-state index contributed by atoms with van der Waals surface area (Å²) < 4.78 is 15.2. The minimum absolute atomic E-state index is 0.0534. The van der Waals surface area contributed by atoms with Gasteiger partial charge in [0.2, 0.25) is 0 Å². The molecule has 0 aliphatic rings. The molecule has 0 fully saturated rings. The predicted octanol–water partition coefficient (Wildman–Crippen LogP) is 2.75. The van der Waals surface area contributed by atoms with Crippen molar-refractivity contribution in [1.29, 1.82) is 0 Å². The molecular formula is C17H12FN3O. The topological polar surface area (TPSA) is 47.2 Å². The van der Waals surface area contributed by atoms with Crippen LogP contribution < -0.4 is 5.36 Å². The van der Waals surface area contributed by atoms with Crippen molar-refractivity contribution < 1.29 is 9.18 Å². The van der Waals surface area contributed by atoms with Crippen molar-refractivity contribution in [2.75, 3.05) is 0 Å². The van der Waals surface area contributed by atoms with Crippen molar-refractivity contribution in [3.05, 3.63) is 89.8 Å². The molecule has 0 aliphatic heterocycles. The number of halogens is 1. The fourth-order valence-corrected chi connectivity index (χ4v) is 1.96. The highest BCUT2D eigenvalue weighted by atomic mass is 19.1. The fourth-order valence-electron chi connectivity index (χ4n) is 1.96. The maximum absolute atomic E-state index is 13.5. The van der Waals surface area contributed by atoms with Crippen LogP contribution in [0.4, 0.5) is 4.39 Å². The highest BCUT2D eigenvalue weighted by Gasteiger charge is 2.08. The molecular weight excluding hydrogens is 281 g/mol. The third-order valence-electron chi connectivity index (χ3n) is 3.06. The Morgan fingerprint density at radius 2 is 1.73 bits per heavy atom. The van der Waals surface area contributed by atoms with E-state index in [-0.39, 0.29) is 5.56 Å². The maximum Gasteiger partial charge on any atom is 0.280 e. The molecule has 4 nitrogen and oxygen atoms in total. The first-order chi connectivity index (χ1) is 10.7. The predicted molar refractivity (Wildman–Crippen MR) is 79.9 cm³/mol. The highest BCUT2D eigenvalue weighted by molar-refractivity contribution is 5.95. The summed E-state index contributed by atoms with van der Waals surface area (Å²) in [5, 5.41) is 4.57. The quantitative estimate of drug-likeness (QED) is 0.729. The van der Waals surface area contributed by atoms with E-state index in [2.05, 4.69) is 10.1 Å². The number of amides is 1. The van der Waals surface area contributed by atoms with Crippen LogP contribution in [0, 0.1) is 5.82 Å². The zero-order chi connectivity index (χ0) is 15.4. The van der Waals surface area contributed by atoms with Crippen LogP contribution in [0.25, 0.3) is 5.69 Å². The lowest BCUT2D eigenvalue weighted by Crippen LogP contribution is -2.12. The second-order valence-electron chi connectivity index (χ2n) is 4.56. The van der Waals surface area contributed by atoms with Crippen molar-refractivity contribution >= 4 is 5.91 Å². The molecule has 0 radical (unpaired) electrons. The number of benzene rings is 2. The molecule has 3 aromatic rings. The van der Waals surface area contributed by atoms with Gasteiger partial charge in [0.05, 0.1) is 22.8 Å². The van der Waals surface area contributed by atoms with Gasteiger partial charge in [0.25, 0.3) is 5.91 Å². The SMILES string of the molecule is O=C(N=c1ccn(-c2ccccc2)nc1)c1ccccc1F. The first-order valence-electron chi connectivity index (χ1n) is 6.68. The number of nitrogens with zero attached hydrogens (tertiary/aromatic N) is 3. The lowest BCUT2D eigenvalue weighted by molar-refractivity contribution is 0.0994. The molecule has 0 saturated carbocycles. The summed E-state index contributed by atoms with van der Waals surface area (Å²) in [6.45, 7) is 0. The number of para-hydroxylation sites is 1. The molecule has 3 rings (SSSR count). The molecule has 0 atom stereocenters. The van der Waals surface area contributed by atoms with Gasteiger partial charge in [0.15, 0.2) is 0 Å². The van der Waals surface area contributed by atoms with Crippen LogP contribution in [0.15, 0.2) is 78.0 Å². The number of hydrogen-bond donors (Lipinski definition) is 0. The second kappa shape index (κ2) is 6.13. The van der Waals surface area contributed by atoms with Gasteiger partial charge in [-0.1, -0.05) is 30.3 Å². The minimum atomic E-state index is -0.627. The van der Waals surface area contributed by atoms with E-state index < -0.39 is 11.7 Å². The number of rotatable bonds is 2. The third-order valence-corrected chi connectivity index (χ3v) is 3.06. The molecule has 1 amide bonds. The molecule has 5 heteroatoms. The van der Waals surface area contributed by atoms with Crippen molar-refractivity contribution in [2.45, 2.75) is 0 Å². The normalized spacial score (nSPS) is 11.4. The highest BCUT2D eigenvalue weighted by Crippen LogP contribution is 2.07.